The summed E-state index contributed by atoms with van der Waals surface area (Å²) in [6, 6.07) is 5.23. The van der Waals surface area contributed by atoms with E-state index >= 15 is 0 Å². The van der Waals surface area contributed by atoms with Crippen LogP contribution in [0.4, 0.5) is 4.79 Å². The molecule has 7 N–H and O–H groups in total. The molecule has 2 heterocycles. The molecular formula is C18H19N5O5S. The first-order valence-electron chi connectivity index (χ1n) is 8.62. The lowest BCUT2D eigenvalue weighted by Gasteiger charge is -2.29. The molecule has 2 aromatic rings. The number of β-lactam (4-membered cyclic amide) rings is 1. The first kappa shape index (κ1) is 20.1. The van der Waals surface area contributed by atoms with Gasteiger partial charge in [-0.25, -0.2) is 4.79 Å². The van der Waals surface area contributed by atoms with Crippen LogP contribution in [0, 0.1) is 0 Å². The van der Waals surface area contributed by atoms with Gasteiger partial charge in [-0.05, 0) is 29.1 Å². The number of phenolic OH excluding ortho intramolecular Hbond substituents is 1. The first-order chi connectivity index (χ1) is 13.8. The zero-order chi connectivity index (χ0) is 21.0. The molecule has 11 heteroatoms. The van der Waals surface area contributed by atoms with Gasteiger partial charge in [-0.2, -0.15) is 0 Å². The number of urea groups is 1. The monoisotopic (exact) mass is 417 g/mol. The normalized spacial score (nSPS) is 17.2. The Balaban J connectivity index is 1.83. The van der Waals surface area contributed by atoms with E-state index in [-0.39, 0.29) is 11.7 Å². The van der Waals surface area contributed by atoms with E-state index in [1.807, 2.05) is 0 Å². The Morgan fingerprint density at radius 3 is 2.34 bits per heavy atom. The molecule has 1 aliphatic rings. The minimum Gasteiger partial charge on any atom is -0.508 e. The van der Waals surface area contributed by atoms with Crippen molar-refractivity contribution in [1.82, 2.24) is 21.3 Å². The zero-order valence-electron chi connectivity index (χ0n) is 15.0. The molecular weight excluding hydrogens is 398 g/mol. The average molecular weight is 417 g/mol. The SMILES string of the molecule is NC(=O)NC(C(=O)NC(C(=O)NC1CNC1=O)c1ccc(O)cc1)c1cccs1. The highest BCUT2D eigenvalue weighted by Crippen LogP contribution is 2.22. The summed E-state index contributed by atoms with van der Waals surface area (Å²) in [7, 11) is 0. The molecule has 0 saturated carbocycles. The van der Waals surface area contributed by atoms with Gasteiger partial charge < -0.3 is 32.1 Å². The smallest absolute Gasteiger partial charge is 0.313 e. The van der Waals surface area contributed by atoms with Gasteiger partial charge in [0.05, 0.1) is 0 Å². The second kappa shape index (κ2) is 8.61. The molecule has 10 nitrogen and oxygen atoms in total. The number of benzene rings is 1. The standard InChI is InChI=1S/C18H19N5O5S/c19-18(28)23-14(12-2-1-7-29-12)17(27)22-13(9-3-5-10(24)6-4-9)16(26)21-11-8-20-15(11)25/h1-7,11,13-14,24H,8H2,(H,20,25)(H,21,26)(H,22,27)(H3,19,23,28). The Labute approximate surface area is 169 Å². The van der Waals surface area contributed by atoms with Crippen molar-refractivity contribution in [3.8, 4) is 5.75 Å². The van der Waals surface area contributed by atoms with E-state index in [9.17, 15) is 24.3 Å². The predicted molar refractivity (Wildman–Crippen MR) is 104 cm³/mol. The first-order valence-corrected chi connectivity index (χ1v) is 9.50. The van der Waals surface area contributed by atoms with Crippen LogP contribution in [0.1, 0.15) is 22.5 Å². The van der Waals surface area contributed by atoms with Crippen molar-refractivity contribution in [2.75, 3.05) is 6.54 Å². The molecule has 1 fully saturated rings. The Bertz CT molecular complexity index is 915. The Hall–Kier alpha value is -3.60. The topological polar surface area (TPSA) is 163 Å². The summed E-state index contributed by atoms with van der Waals surface area (Å²) in [5.74, 6) is -1.59. The highest BCUT2D eigenvalue weighted by molar-refractivity contribution is 7.10. The summed E-state index contributed by atoms with van der Waals surface area (Å²) in [6.07, 6.45) is 0. The van der Waals surface area contributed by atoms with Crippen LogP contribution in [-0.2, 0) is 14.4 Å². The summed E-state index contributed by atoms with van der Waals surface area (Å²) in [4.78, 5) is 49.0. The summed E-state index contributed by atoms with van der Waals surface area (Å²) < 4.78 is 0. The Morgan fingerprint density at radius 1 is 1.10 bits per heavy atom. The van der Waals surface area contributed by atoms with Gasteiger partial charge in [0.15, 0.2) is 0 Å². The molecule has 0 radical (unpaired) electrons. The van der Waals surface area contributed by atoms with Crippen molar-refractivity contribution in [1.29, 1.82) is 0 Å². The molecule has 3 atom stereocenters. The number of hydrogen-bond acceptors (Lipinski definition) is 6. The van der Waals surface area contributed by atoms with Crippen molar-refractivity contribution in [3.63, 3.8) is 0 Å². The van der Waals surface area contributed by atoms with Crippen LogP contribution < -0.4 is 27.0 Å². The van der Waals surface area contributed by atoms with Crippen LogP contribution in [0.5, 0.6) is 5.75 Å². The fourth-order valence-corrected chi connectivity index (χ4v) is 3.49. The van der Waals surface area contributed by atoms with E-state index < -0.39 is 36.0 Å². The molecule has 5 amide bonds. The summed E-state index contributed by atoms with van der Waals surface area (Å²) in [6.45, 7) is 0.294. The maximum atomic E-state index is 12.9. The van der Waals surface area contributed by atoms with E-state index in [1.54, 1.807) is 17.5 Å². The minimum atomic E-state index is -1.16. The quantitative estimate of drug-likeness (QED) is 0.338. The molecule has 1 aliphatic heterocycles. The molecule has 0 spiro atoms. The highest BCUT2D eigenvalue weighted by Gasteiger charge is 2.34. The average Bonchev–Trinajstić information content (AvgIpc) is 3.22. The molecule has 0 bridgehead atoms. The number of primary amides is 1. The Morgan fingerprint density at radius 2 is 1.83 bits per heavy atom. The fourth-order valence-electron chi connectivity index (χ4n) is 2.72. The number of nitrogens with one attached hydrogen (secondary N) is 4. The zero-order valence-corrected chi connectivity index (χ0v) is 15.9. The molecule has 0 aliphatic carbocycles. The molecule has 29 heavy (non-hydrogen) atoms. The number of thiophene rings is 1. The molecule has 1 aromatic carbocycles. The third-order valence-corrected chi connectivity index (χ3v) is 5.20. The van der Waals surface area contributed by atoms with Gasteiger partial charge in [0.1, 0.15) is 23.9 Å². The van der Waals surface area contributed by atoms with Crippen LogP contribution in [-0.4, -0.2) is 41.4 Å². The summed E-state index contributed by atoms with van der Waals surface area (Å²) >= 11 is 1.24. The number of carbonyl (C=O) groups excluding carboxylic acids is 4. The van der Waals surface area contributed by atoms with Gasteiger partial charge >= 0.3 is 6.03 Å². The lowest BCUT2D eigenvalue weighted by molar-refractivity contribution is -0.135. The summed E-state index contributed by atoms with van der Waals surface area (Å²) in [5.41, 5.74) is 5.57. The minimum absolute atomic E-state index is 0.00976. The fraction of sp³-hybridized carbons (Fsp3) is 0.222. The number of rotatable bonds is 7. The van der Waals surface area contributed by atoms with Gasteiger partial charge in [0.2, 0.25) is 17.7 Å². The molecule has 1 aromatic heterocycles. The maximum absolute atomic E-state index is 12.9. The lowest BCUT2D eigenvalue weighted by Crippen LogP contribution is -2.63. The van der Waals surface area contributed by atoms with Crippen LogP contribution in [0.2, 0.25) is 0 Å². The second-order valence-electron chi connectivity index (χ2n) is 6.30. The van der Waals surface area contributed by atoms with Crippen molar-refractivity contribution in [2.24, 2.45) is 5.73 Å². The third kappa shape index (κ3) is 4.82. The summed E-state index contributed by atoms with van der Waals surface area (Å²) in [5, 5.41) is 21.3. The molecule has 3 rings (SSSR count). The van der Waals surface area contributed by atoms with Gasteiger partial charge in [-0.1, -0.05) is 18.2 Å². The van der Waals surface area contributed by atoms with Crippen molar-refractivity contribution in [2.45, 2.75) is 18.1 Å². The van der Waals surface area contributed by atoms with Gasteiger partial charge in [-0.15, -0.1) is 11.3 Å². The molecule has 1 saturated heterocycles. The van der Waals surface area contributed by atoms with Gasteiger partial charge in [0, 0.05) is 11.4 Å². The third-order valence-electron chi connectivity index (χ3n) is 4.27. The predicted octanol–water partition coefficient (Wildman–Crippen LogP) is -0.365. The number of aromatic hydroxyl groups is 1. The largest absolute Gasteiger partial charge is 0.508 e. The van der Waals surface area contributed by atoms with Crippen molar-refractivity contribution in [3.05, 3.63) is 52.2 Å². The van der Waals surface area contributed by atoms with E-state index in [0.717, 1.165) is 0 Å². The van der Waals surface area contributed by atoms with Crippen LogP contribution in [0.15, 0.2) is 41.8 Å². The van der Waals surface area contributed by atoms with E-state index in [4.69, 9.17) is 5.73 Å². The van der Waals surface area contributed by atoms with Crippen molar-refractivity contribution < 1.29 is 24.3 Å². The second-order valence-corrected chi connectivity index (χ2v) is 7.28. The van der Waals surface area contributed by atoms with E-state index in [0.29, 0.717) is 17.0 Å². The highest BCUT2D eigenvalue weighted by atomic mass is 32.1. The van der Waals surface area contributed by atoms with E-state index in [2.05, 4.69) is 21.3 Å². The molecule has 152 valence electrons. The van der Waals surface area contributed by atoms with Crippen LogP contribution in [0.3, 0.4) is 0 Å². The number of amides is 5. The Kier molecular flexibility index (Phi) is 5.98. The number of hydrogen-bond donors (Lipinski definition) is 6. The number of carbonyl (C=O) groups is 4. The number of nitrogens with two attached hydrogens (primary N) is 1. The van der Waals surface area contributed by atoms with Crippen LogP contribution >= 0.6 is 11.3 Å². The van der Waals surface area contributed by atoms with Gasteiger partial charge in [0.25, 0.3) is 0 Å². The maximum Gasteiger partial charge on any atom is 0.313 e. The molecule has 3 unspecified atom stereocenters. The van der Waals surface area contributed by atoms with Crippen molar-refractivity contribution >= 4 is 35.1 Å². The van der Waals surface area contributed by atoms with E-state index in [1.165, 1.54) is 35.6 Å². The van der Waals surface area contributed by atoms with Gasteiger partial charge in [-0.3, -0.25) is 14.4 Å². The van der Waals surface area contributed by atoms with Crippen LogP contribution in [0.25, 0.3) is 0 Å². The number of phenols is 1. The lowest BCUT2D eigenvalue weighted by atomic mass is 10.0.